The highest BCUT2D eigenvalue weighted by atomic mass is 19.4. The largest absolute Gasteiger partial charge is 0.497 e. The number of hydrogen-bond donors (Lipinski definition) is 1. The minimum Gasteiger partial charge on any atom is -0.497 e. The molecule has 0 heterocycles. The normalized spacial score (nSPS) is 14.2. The molecule has 0 saturated heterocycles. The summed E-state index contributed by atoms with van der Waals surface area (Å²) in [5.41, 5.74) is -1.87. The summed E-state index contributed by atoms with van der Waals surface area (Å²) in [6.07, 6.45) is -6.19. The molecule has 0 aliphatic heterocycles. The number of rotatable bonds is 8. The summed E-state index contributed by atoms with van der Waals surface area (Å²) in [6, 6.07) is 19.0. The highest BCUT2D eigenvalue weighted by Gasteiger charge is 2.50. The lowest BCUT2D eigenvalue weighted by Gasteiger charge is -2.36. The maximum absolute atomic E-state index is 13.1. The average Bonchev–Trinajstić information content (AvgIpc) is 2.84. The summed E-state index contributed by atoms with van der Waals surface area (Å²) in [5.74, 6) is -0.263. The average molecular weight is 460 g/mol. The third kappa shape index (κ3) is 5.18. The van der Waals surface area contributed by atoms with Gasteiger partial charge in [-0.15, -0.1) is 0 Å². The first-order chi connectivity index (χ1) is 15.7. The van der Waals surface area contributed by atoms with E-state index >= 15 is 0 Å². The van der Waals surface area contributed by atoms with Crippen LogP contribution in [0.5, 0.6) is 5.75 Å². The molecule has 174 valence electrons. The van der Waals surface area contributed by atoms with Crippen molar-refractivity contribution in [1.82, 2.24) is 0 Å². The Morgan fingerprint density at radius 3 is 2.00 bits per heavy atom. The van der Waals surface area contributed by atoms with Crippen LogP contribution in [-0.2, 0) is 32.7 Å². The Labute approximate surface area is 189 Å². The lowest BCUT2D eigenvalue weighted by Crippen LogP contribution is -2.45. The van der Waals surface area contributed by atoms with Crippen LogP contribution in [0.2, 0.25) is 0 Å². The first-order valence-electron chi connectivity index (χ1n) is 9.98. The van der Waals surface area contributed by atoms with Gasteiger partial charge in [-0.2, -0.15) is 13.2 Å². The van der Waals surface area contributed by atoms with Gasteiger partial charge in [0.1, 0.15) is 11.9 Å². The number of benzene rings is 3. The van der Waals surface area contributed by atoms with Gasteiger partial charge in [0.05, 0.1) is 26.4 Å². The fourth-order valence-electron chi connectivity index (χ4n) is 3.45. The molecule has 0 aromatic heterocycles. The number of carbonyl (C=O) groups excluding carboxylic acids is 1. The Morgan fingerprint density at radius 2 is 1.48 bits per heavy atom. The molecule has 0 spiro atoms. The molecule has 2 atom stereocenters. The zero-order chi connectivity index (χ0) is 24.1. The number of esters is 1. The summed E-state index contributed by atoms with van der Waals surface area (Å²) in [6.45, 7) is -0.0916. The molecule has 3 aromatic rings. The molecule has 1 N–H and O–H groups in total. The number of alkyl halides is 3. The second-order valence-corrected chi connectivity index (χ2v) is 7.25. The Bertz CT molecular complexity index is 1050. The first-order valence-corrected chi connectivity index (χ1v) is 9.98. The number of carbonyl (C=O) groups is 1. The van der Waals surface area contributed by atoms with Gasteiger partial charge in [0.15, 0.2) is 0 Å². The van der Waals surface area contributed by atoms with Crippen LogP contribution < -0.4 is 4.74 Å². The lowest BCUT2D eigenvalue weighted by atomic mass is 9.83. The molecule has 0 bridgehead atoms. The Kier molecular flexibility index (Phi) is 7.40. The fourth-order valence-corrected chi connectivity index (χ4v) is 3.45. The van der Waals surface area contributed by atoms with Gasteiger partial charge in [0, 0.05) is 0 Å². The number of methoxy groups -OCH3 is 2. The van der Waals surface area contributed by atoms with Gasteiger partial charge in [-0.05, 0) is 41.0 Å². The molecule has 33 heavy (non-hydrogen) atoms. The van der Waals surface area contributed by atoms with Crippen LogP contribution in [0.1, 0.15) is 28.4 Å². The summed E-state index contributed by atoms with van der Waals surface area (Å²) < 4.78 is 55.2. The Hall–Kier alpha value is -3.36. The van der Waals surface area contributed by atoms with Crippen molar-refractivity contribution < 1.29 is 37.3 Å². The first kappa shape index (κ1) is 24.3. The smallest absolute Gasteiger partial charge is 0.416 e. The van der Waals surface area contributed by atoms with Crippen LogP contribution in [0.25, 0.3) is 0 Å². The molecule has 3 rings (SSSR count). The molecular formula is C25H23F3O5. The predicted octanol–water partition coefficient (Wildman–Crippen LogP) is 5.03. The van der Waals surface area contributed by atoms with Crippen LogP contribution in [-0.4, -0.2) is 25.3 Å². The molecule has 0 aliphatic carbocycles. The van der Waals surface area contributed by atoms with Crippen molar-refractivity contribution in [2.24, 2.45) is 0 Å². The maximum Gasteiger partial charge on any atom is 0.416 e. The van der Waals surface area contributed by atoms with E-state index in [1.54, 1.807) is 54.6 Å². The number of ether oxygens (including phenoxy) is 3. The van der Waals surface area contributed by atoms with E-state index in [2.05, 4.69) is 0 Å². The van der Waals surface area contributed by atoms with Crippen molar-refractivity contribution in [3.8, 4) is 5.75 Å². The van der Waals surface area contributed by atoms with Crippen molar-refractivity contribution in [2.45, 2.75) is 24.5 Å². The van der Waals surface area contributed by atoms with Crippen LogP contribution in [0.4, 0.5) is 13.2 Å². The van der Waals surface area contributed by atoms with Gasteiger partial charge in [-0.3, -0.25) is 0 Å². The molecule has 0 aliphatic rings. The highest BCUT2D eigenvalue weighted by molar-refractivity contribution is 5.82. The van der Waals surface area contributed by atoms with Gasteiger partial charge in [-0.1, -0.05) is 54.6 Å². The van der Waals surface area contributed by atoms with Gasteiger partial charge < -0.3 is 19.3 Å². The molecule has 8 heteroatoms. The second-order valence-electron chi connectivity index (χ2n) is 7.25. The molecule has 0 amide bonds. The highest BCUT2D eigenvalue weighted by Crippen LogP contribution is 2.41. The summed E-state index contributed by atoms with van der Waals surface area (Å²) in [4.78, 5) is 13.1. The van der Waals surface area contributed by atoms with Crippen LogP contribution in [0, 0.1) is 0 Å². The SMILES string of the molecule is COC(=O)[C@](OCc1ccc(OC)cc1)(c1ccccc1)[C@@H](O)c1ccc(C(F)(F)F)cc1. The summed E-state index contributed by atoms with van der Waals surface area (Å²) >= 11 is 0. The fraction of sp³-hybridized carbons (Fsp3) is 0.240. The lowest BCUT2D eigenvalue weighted by molar-refractivity contribution is -0.194. The standard InChI is InChI=1S/C25H23F3O5/c1-31-21-14-8-17(9-15-21)16-33-24(23(30)32-2,19-6-4-3-5-7-19)22(29)18-10-12-20(13-11-18)25(26,27)28/h3-15,22,29H,16H2,1-2H3/t22-,24-/m0/s1. The summed E-state index contributed by atoms with van der Waals surface area (Å²) in [5, 5.41) is 11.3. The van der Waals surface area contributed by atoms with Crippen molar-refractivity contribution in [2.75, 3.05) is 14.2 Å². The van der Waals surface area contributed by atoms with Crippen molar-refractivity contribution in [3.05, 3.63) is 101 Å². The third-order valence-electron chi connectivity index (χ3n) is 5.26. The van der Waals surface area contributed by atoms with E-state index in [9.17, 15) is 23.1 Å². The van der Waals surface area contributed by atoms with E-state index < -0.39 is 29.4 Å². The van der Waals surface area contributed by atoms with Gasteiger partial charge in [0.2, 0.25) is 5.60 Å². The zero-order valence-corrected chi connectivity index (χ0v) is 18.0. The van der Waals surface area contributed by atoms with Crippen LogP contribution >= 0.6 is 0 Å². The van der Waals surface area contributed by atoms with E-state index in [0.29, 0.717) is 11.3 Å². The van der Waals surface area contributed by atoms with E-state index in [1.165, 1.54) is 7.11 Å². The molecule has 0 fully saturated rings. The zero-order valence-electron chi connectivity index (χ0n) is 18.0. The molecule has 0 saturated carbocycles. The van der Waals surface area contributed by atoms with Crippen molar-refractivity contribution in [3.63, 3.8) is 0 Å². The predicted molar refractivity (Wildman–Crippen MR) is 114 cm³/mol. The van der Waals surface area contributed by atoms with E-state index in [4.69, 9.17) is 14.2 Å². The van der Waals surface area contributed by atoms with Crippen molar-refractivity contribution in [1.29, 1.82) is 0 Å². The molecule has 5 nitrogen and oxygen atoms in total. The van der Waals surface area contributed by atoms with Crippen molar-refractivity contribution >= 4 is 5.97 Å². The molecule has 0 unspecified atom stereocenters. The molecule has 0 radical (unpaired) electrons. The van der Waals surface area contributed by atoms with Crippen LogP contribution in [0.15, 0.2) is 78.9 Å². The van der Waals surface area contributed by atoms with Crippen LogP contribution in [0.3, 0.4) is 0 Å². The minimum atomic E-state index is -4.53. The number of halogens is 3. The Morgan fingerprint density at radius 1 is 0.879 bits per heavy atom. The third-order valence-corrected chi connectivity index (χ3v) is 5.26. The van der Waals surface area contributed by atoms with E-state index in [1.807, 2.05) is 0 Å². The van der Waals surface area contributed by atoms with Gasteiger partial charge in [-0.25, -0.2) is 4.79 Å². The molecular weight excluding hydrogens is 437 g/mol. The minimum absolute atomic E-state index is 0.0620. The Balaban J connectivity index is 2.05. The number of hydrogen-bond acceptors (Lipinski definition) is 5. The van der Waals surface area contributed by atoms with E-state index in [-0.39, 0.29) is 17.7 Å². The van der Waals surface area contributed by atoms with E-state index in [0.717, 1.165) is 31.4 Å². The quantitative estimate of drug-likeness (QED) is 0.478. The summed E-state index contributed by atoms with van der Waals surface area (Å²) in [7, 11) is 2.68. The second kappa shape index (κ2) is 10.1. The monoisotopic (exact) mass is 460 g/mol. The van der Waals surface area contributed by atoms with Gasteiger partial charge >= 0.3 is 12.1 Å². The number of aliphatic hydroxyl groups is 1. The molecule has 3 aromatic carbocycles. The topological polar surface area (TPSA) is 65.0 Å². The van der Waals surface area contributed by atoms with Gasteiger partial charge in [0.25, 0.3) is 0 Å². The maximum atomic E-state index is 13.1. The number of aliphatic hydroxyl groups excluding tert-OH is 1.